The van der Waals surface area contributed by atoms with Crippen LogP contribution in [0.15, 0.2) is 72.8 Å². The van der Waals surface area contributed by atoms with E-state index < -0.39 is 6.03 Å². The third-order valence-electron chi connectivity index (χ3n) is 6.75. The van der Waals surface area contributed by atoms with E-state index in [0.717, 1.165) is 39.5 Å². The Balaban J connectivity index is 1.63. The average molecular weight is 524 g/mol. The molecule has 0 saturated carbocycles. The van der Waals surface area contributed by atoms with Crippen molar-refractivity contribution in [2.24, 2.45) is 11.7 Å². The number of nitrogens with one attached hydrogen (secondary N) is 1. The van der Waals surface area contributed by atoms with Gasteiger partial charge in [0.25, 0.3) is 5.91 Å². The summed E-state index contributed by atoms with van der Waals surface area (Å²) in [6.07, 6.45) is 0.642. The number of primary amides is 1. The van der Waals surface area contributed by atoms with Gasteiger partial charge in [-0.3, -0.25) is 4.79 Å². The topological polar surface area (TPSA) is 102 Å². The van der Waals surface area contributed by atoms with Crippen molar-refractivity contribution in [3.05, 3.63) is 95.2 Å². The molecular formula is C31H33N5O3. The van der Waals surface area contributed by atoms with Gasteiger partial charge in [-0.1, -0.05) is 56.3 Å². The molecule has 0 saturated heterocycles. The highest BCUT2D eigenvalue weighted by atomic mass is 16.5. The van der Waals surface area contributed by atoms with Crippen molar-refractivity contribution in [2.75, 3.05) is 18.5 Å². The molecule has 0 spiro atoms. The Bertz CT molecular complexity index is 1490. The molecule has 2 heterocycles. The molecule has 0 fully saturated rings. The fourth-order valence-corrected chi connectivity index (χ4v) is 4.90. The van der Waals surface area contributed by atoms with Gasteiger partial charge in [-0.15, -0.1) is 0 Å². The summed E-state index contributed by atoms with van der Waals surface area (Å²) in [5.74, 6) is 1.12. The van der Waals surface area contributed by atoms with Gasteiger partial charge in [0.2, 0.25) is 0 Å². The number of aryl methyl sites for hydroxylation is 1. The molecule has 8 nitrogen and oxygen atoms in total. The third kappa shape index (κ3) is 5.50. The van der Waals surface area contributed by atoms with Gasteiger partial charge in [0.1, 0.15) is 11.4 Å². The van der Waals surface area contributed by atoms with Crippen LogP contribution in [0.5, 0.6) is 5.75 Å². The molecule has 0 radical (unpaired) electrons. The maximum absolute atomic E-state index is 13.4. The van der Waals surface area contributed by atoms with Gasteiger partial charge in [0.05, 0.1) is 18.0 Å². The summed E-state index contributed by atoms with van der Waals surface area (Å²) in [5.41, 5.74) is 12.2. The third-order valence-corrected chi connectivity index (χ3v) is 6.75. The summed E-state index contributed by atoms with van der Waals surface area (Å²) in [6.45, 7) is 7.89. The quantitative estimate of drug-likeness (QED) is 0.330. The number of nitrogens with zero attached hydrogens (tertiary/aromatic N) is 3. The number of anilines is 1. The van der Waals surface area contributed by atoms with Crippen LogP contribution in [-0.4, -0.2) is 39.8 Å². The number of aromatic nitrogens is 2. The lowest BCUT2D eigenvalue weighted by Crippen LogP contribution is -2.35. The second-order valence-electron chi connectivity index (χ2n) is 10.2. The monoisotopic (exact) mass is 523 g/mol. The van der Waals surface area contributed by atoms with Crippen LogP contribution in [0.1, 0.15) is 41.0 Å². The highest BCUT2D eigenvalue weighted by Gasteiger charge is 2.30. The number of amides is 3. The number of hydrogen-bond donors (Lipinski definition) is 2. The zero-order valence-electron chi connectivity index (χ0n) is 22.5. The molecule has 0 bridgehead atoms. The highest BCUT2D eigenvalue weighted by molar-refractivity contribution is 5.94. The predicted molar refractivity (Wildman–Crippen MR) is 152 cm³/mol. The molecule has 0 aliphatic carbocycles. The van der Waals surface area contributed by atoms with Crippen molar-refractivity contribution < 1.29 is 14.3 Å². The first kappa shape index (κ1) is 26.0. The van der Waals surface area contributed by atoms with E-state index in [1.807, 2.05) is 89.3 Å². The first-order valence-corrected chi connectivity index (χ1v) is 13.2. The molecule has 1 aliphatic heterocycles. The van der Waals surface area contributed by atoms with E-state index in [2.05, 4.69) is 19.2 Å². The van der Waals surface area contributed by atoms with E-state index >= 15 is 0 Å². The van der Waals surface area contributed by atoms with Crippen molar-refractivity contribution in [2.45, 2.75) is 33.7 Å². The molecule has 1 aliphatic rings. The predicted octanol–water partition coefficient (Wildman–Crippen LogP) is 5.57. The van der Waals surface area contributed by atoms with Crippen molar-refractivity contribution in [3.63, 3.8) is 0 Å². The molecule has 4 aromatic rings. The number of carbonyl (C=O) groups excluding carboxylic acids is 2. The number of nitrogens with two attached hydrogens (primary N) is 1. The summed E-state index contributed by atoms with van der Waals surface area (Å²) in [5, 5.41) is 7.71. The summed E-state index contributed by atoms with van der Waals surface area (Å²) in [6, 6.07) is 22.2. The van der Waals surface area contributed by atoms with E-state index in [0.29, 0.717) is 43.3 Å². The largest absolute Gasteiger partial charge is 0.491 e. The summed E-state index contributed by atoms with van der Waals surface area (Å²) in [7, 11) is 0. The number of benzene rings is 3. The second kappa shape index (κ2) is 11.0. The number of fused-ring (bicyclic) bond motifs is 1. The van der Waals surface area contributed by atoms with Crippen molar-refractivity contribution in [1.82, 2.24) is 14.7 Å². The van der Waals surface area contributed by atoms with Crippen LogP contribution in [-0.2, 0) is 13.0 Å². The number of hydrogen-bond acceptors (Lipinski definition) is 4. The highest BCUT2D eigenvalue weighted by Crippen LogP contribution is 2.37. The van der Waals surface area contributed by atoms with Crippen molar-refractivity contribution in [1.29, 1.82) is 0 Å². The summed E-state index contributed by atoms with van der Waals surface area (Å²) in [4.78, 5) is 26.6. The minimum Gasteiger partial charge on any atom is -0.491 e. The maximum atomic E-state index is 13.4. The number of rotatable bonds is 7. The first-order chi connectivity index (χ1) is 18.8. The van der Waals surface area contributed by atoms with E-state index in [1.54, 1.807) is 0 Å². The normalized spacial score (nSPS) is 12.8. The van der Waals surface area contributed by atoms with Crippen LogP contribution in [0.25, 0.3) is 16.9 Å². The molecule has 39 heavy (non-hydrogen) atoms. The zero-order valence-corrected chi connectivity index (χ0v) is 22.5. The molecular weight excluding hydrogens is 490 g/mol. The van der Waals surface area contributed by atoms with E-state index in [9.17, 15) is 9.59 Å². The number of para-hydroxylation sites is 1. The molecule has 0 unspecified atom stereocenters. The molecule has 1 aromatic heterocycles. The average Bonchev–Trinajstić information content (AvgIpc) is 3.30. The Kier molecular flexibility index (Phi) is 7.36. The van der Waals surface area contributed by atoms with Crippen LogP contribution in [0.4, 0.5) is 10.5 Å². The van der Waals surface area contributed by atoms with Crippen molar-refractivity contribution >= 4 is 17.6 Å². The number of ether oxygens (including phenoxy) is 1. The minimum absolute atomic E-state index is 0.00203. The van der Waals surface area contributed by atoms with Crippen LogP contribution < -0.4 is 15.8 Å². The fourth-order valence-electron chi connectivity index (χ4n) is 4.90. The Morgan fingerprint density at radius 2 is 1.77 bits per heavy atom. The van der Waals surface area contributed by atoms with Crippen LogP contribution in [0.3, 0.4) is 0 Å². The van der Waals surface area contributed by atoms with Gasteiger partial charge in [0, 0.05) is 41.9 Å². The Morgan fingerprint density at radius 3 is 2.46 bits per heavy atom. The zero-order chi connectivity index (χ0) is 27.5. The molecule has 5 rings (SSSR count). The Morgan fingerprint density at radius 1 is 1.03 bits per heavy atom. The maximum Gasteiger partial charge on any atom is 0.316 e. The lowest BCUT2D eigenvalue weighted by Gasteiger charge is -2.27. The van der Waals surface area contributed by atoms with Crippen molar-refractivity contribution in [3.8, 4) is 22.7 Å². The van der Waals surface area contributed by atoms with Crippen LogP contribution in [0.2, 0.25) is 0 Å². The summed E-state index contributed by atoms with van der Waals surface area (Å²) < 4.78 is 8.21. The standard InChI is InChI=1S/C31H33N5O3/c1-20(2)19-39-27-11-7-8-21(3)28(27)36-29(22-12-14-24(15-13-22)33-31(32)38)25-18-35(17-16-26(25)34-36)30(37)23-9-5-4-6-10-23/h4-15,20H,16-19H2,1-3H3,(H3,32,33,38). The first-order valence-electron chi connectivity index (χ1n) is 13.2. The second-order valence-corrected chi connectivity index (χ2v) is 10.2. The van der Waals surface area contributed by atoms with Crippen LogP contribution >= 0.6 is 0 Å². The van der Waals surface area contributed by atoms with E-state index in [-0.39, 0.29) is 5.91 Å². The van der Waals surface area contributed by atoms with Gasteiger partial charge in [-0.25, -0.2) is 9.48 Å². The Hall–Kier alpha value is -4.59. The van der Waals surface area contributed by atoms with Crippen LogP contribution in [0, 0.1) is 12.8 Å². The number of urea groups is 1. The van der Waals surface area contributed by atoms with Gasteiger partial charge in [-0.05, 0) is 48.7 Å². The molecule has 200 valence electrons. The lowest BCUT2D eigenvalue weighted by atomic mass is 9.99. The Labute approximate surface area is 228 Å². The molecule has 8 heteroatoms. The van der Waals surface area contributed by atoms with Gasteiger partial charge in [-0.2, -0.15) is 5.10 Å². The fraction of sp³-hybridized carbons (Fsp3) is 0.258. The van der Waals surface area contributed by atoms with E-state index in [4.69, 9.17) is 15.6 Å². The summed E-state index contributed by atoms with van der Waals surface area (Å²) >= 11 is 0. The molecule has 3 amide bonds. The van der Waals surface area contributed by atoms with Gasteiger partial charge >= 0.3 is 6.03 Å². The molecule has 0 atom stereocenters. The smallest absolute Gasteiger partial charge is 0.316 e. The van der Waals surface area contributed by atoms with Gasteiger partial charge < -0.3 is 20.7 Å². The molecule has 3 N–H and O–H groups in total. The molecule has 3 aromatic carbocycles. The number of carbonyl (C=O) groups is 2. The van der Waals surface area contributed by atoms with Gasteiger partial charge in [0.15, 0.2) is 0 Å². The SMILES string of the molecule is Cc1cccc(OCC(C)C)c1-n1nc2c(c1-c1ccc(NC(N)=O)cc1)CN(C(=O)c1ccccc1)CC2. The van der Waals surface area contributed by atoms with E-state index in [1.165, 1.54) is 0 Å². The minimum atomic E-state index is -0.618. The lowest BCUT2D eigenvalue weighted by molar-refractivity contribution is 0.0734.